The molecule has 0 amide bonds. The monoisotopic (exact) mass is 289 g/mol. The Labute approximate surface area is 118 Å². The van der Waals surface area contributed by atoms with Crippen LogP contribution in [0.5, 0.6) is 0 Å². The normalized spacial score (nSPS) is 11.8. The van der Waals surface area contributed by atoms with E-state index in [1.165, 1.54) is 18.5 Å². The van der Waals surface area contributed by atoms with Crippen LogP contribution in [0.3, 0.4) is 0 Å². The molecule has 0 aliphatic rings. The van der Waals surface area contributed by atoms with Gasteiger partial charge in [0, 0.05) is 16.6 Å². The highest BCUT2D eigenvalue weighted by Crippen LogP contribution is 2.31. The van der Waals surface area contributed by atoms with Gasteiger partial charge in [0.15, 0.2) is 5.65 Å². The maximum absolute atomic E-state index is 12.6. The molecule has 0 fully saturated rings. The van der Waals surface area contributed by atoms with Crippen molar-refractivity contribution in [2.24, 2.45) is 0 Å². The first kappa shape index (κ1) is 13.5. The van der Waals surface area contributed by atoms with Gasteiger partial charge in [-0.15, -0.1) is 0 Å². The molecular weight excluding hydrogens is 279 g/mol. The number of nitrogens with zero attached hydrogens (tertiary/aromatic N) is 3. The van der Waals surface area contributed by atoms with Gasteiger partial charge < -0.3 is 0 Å². The predicted octanol–water partition coefficient (Wildman–Crippen LogP) is 4.02. The van der Waals surface area contributed by atoms with Gasteiger partial charge in [0.05, 0.1) is 11.3 Å². The number of pyridine rings is 1. The molecule has 0 unspecified atom stereocenters. The number of hydrogen-bond donors (Lipinski definition) is 0. The van der Waals surface area contributed by atoms with Crippen LogP contribution in [0.25, 0.3) is 22.3 Å². The third kappa shape index (κ3) is 2.56. The number of aryl methyl sites for hydroxylation is 1. The summed E-state index contributed by atoms with van der Waals surface area (Å²) in [6.07, 6.45) is -2.98. The van der Waals surface area contributed by atoms with E-state index >= 15 is 0 Å². The molecule has 3 nitrogen and oxygen atoms in total. The zero-order valence-corrected chi connectivity index (χ0v) is 11.0. The zero-order valence-electron chi connectivity index (χ0n) is 11.0. The fraction of sp³-hybridized carbons (Fsp3) is 0.133. The Morgan fingerprint density at radius 2 is 1.62 bits per heavy atom. The van der Waals surface area contributed by atoms with Crippen LogP contribution in [0.1, 0.15) is 11.3 Å². The molecule has 0 radical (unpaired) electrons. The fourth-order valence-corrected chi connectivity index (χ4v) is 2.08. The molecule has 0 bridgehead atoms. The minimum atomic E-state index is -4.34. The number of alkyl halides is 3. The average molecular weight is 289 g/mol. The standard InChI is InChI=1S/C15H10F3N3/c1-9-2-7-12-13(19-8-20-14(12)21-9)10-3-5-11(6-4-10)15(16,17)18/h2-8H,1H3. The number of rotatable bonds is 1. The Morgan fingerprint density at radius 3 is 2.29 bits per heavy atom. The van der Waals surface area contributed by atoms with Crippen LogP contribution >= 0.6 is 0 Å². The van der Waals surface area contributed by atoms with Crippen LogP contribution in [0.4, 0.5) is 13.2 Å². The van der Waals surface area contributed by atoms with Crippen LogP contribution in [0.15, 0.2) is 42.7 Å². The van der Waals surface area contributed by atoms with Gasteiger partial charge in [0.25, 0.3) is 0 Å². The van der Waals surface area contributed by atoms with Crippen LogP contribution in [0.2, 0.25) is 0 Å². The first-order valence-electron chi connectivity index (χ1n) is 6.21. The Bertz CT molecular complexity index is 795. The van der Waals surface area contributed by atoms with Crippen molar-refractivity contribution >= 4 is 11.0 Å². The molecule has 0 aliphatic carbocycles. The Kier molecular flexibility index (Phi) is 3.08. The van der Waals surface area contributed by atoms with Gasteiger partial charge in [-0.3, -0.25) is 0 Å². The van der Waals surface area contributed by atoms with Crippen molar-refractivity contribution < 1.29 is 13.2 Å². The predicted molar refractivity (Wildman–Crippen MR) is 72.5 cm³/mol. The summed E-state index contributed by atoms with van der Waals surface area (Å²) < 4.78 is 37.8. The van der Waals surface area contributed by atoms with E-state index in [4.69, 9.17) is 0 Å². The summed E-state index contributed by atoms with van der Waals surface area (Å²) in [6.45, 7) is 1.85. The molecule has 3 aromatic rings. The summed E-state index contributed by atoms with van der Waals surface area (Å²) in [5.41, 5.74) is 1.83. The van der Waals surface area contributed by atoms with Gasteiger partial charge in [-0.2, -0.15) is 13.2 Å². The minimum Gasteiger partial charge on any atom is -0.236 e. The fourth-order valence-electron chi connectivity index (χ4n) is 2.08. The molecule has 106 valence electrons. The van der Waals surface area contributed by atoms with Crippen molar-refractivity contribution in [3.63, 3.8) is 0 Å². The second kappa shape index (κ2) is 4.80. The lowest BCUT2D eigenvalue weighted by atomic mass is 10.1. The smallest absolute Gasteiger partial charge is 0.236 e. The van der Waals surface area contributed by atoms with Crippen molar-refractivity contribution in [2.75, 3.05) is 0 Å². The third-order valence-electron chi connectivity index (χ3n) is 3.12. The van der Waals surface area contributed by atoms with Gasteiger partial charge in [0.1, 0.15) is 6.33 Å². The van der Waals surface area contributed by atoms with E-state index in [1.807, 2.05) is 19.1 Å². The first-order chi connectivity index (χ1) is 9.95. The lowest BCUT2D eigenvalue weighted by molar-refractivity contribution is -0.137. The lowest BCUT2D eigenvalue weighted by Gasteiger charge is -2.08. The van der Waals surface area contributed by atoms with Crippen LogP contribution in [-0.4, -0.2) is 15.0 Å². The maximum atomic E-state index is 12.6. The lowest BCUT2D eigenvalue weighted by Crippen LogP contribution is -2.04. The summed E-state index contributed by atoms with van der Waals surface area (Å²) in [4.78, 5) is 12.5. The molecule has 0 spiro atoms. The van der Waals surface area contributed by atoms with E-state index in [1.54, 1.807) is 0 Å². The van der Waals surface area contributed by atoms with Crippen molar-refractivity contribution in [2.45, 2.75) is 13.1 Å². The van der Waals surface area contributed by atoms with E-state index in [0.29, 0.717) is 22.3 Å². The number of fused-ring (bicyclic) bond motifs is 1. The van der Waals surface area contributed by atoms with Crippen LogP contribution in [-0.2, 0) is 6.18 Å². The van der Waals surface area contributed by atoms with E-state index in [2.05, 4.69) is 15.0 Å². The molecule has 0 aliphatic heterocycles. The van der Waals surface area contributed by atoms with Gasteiger partial charge in [0.2, 0.25) is 0 Å². The second-order valence-corrected chi connectivity index (χ2v) is 4.62. The molecule has 0 saturated carbocycles. The second-order valence-electron chi connectivity index (χ2n) is 4.62. The van der Waals surface area contributed by atoms with Crippen LogP contribution in [0, 0.1) is 6.92 Å². The highest BCUT2D eigenvalue weighted by atomic mass is 19.4. The molecular formula is C15H10F3N3. The van der Waals surface area contributed by atoms with E-state index in [0.717, 1.165) is 17.8 Å². The summed E-state index contributed by atoms with van der Waals surface area (Å²) >= 11 is 0. The Hall–Kier alpha value is -2.50. The number of benzene rings is 1. The highest BCUT2D eigenvalue weighted by Gasteiger charge is 2.30. The van der Waals surface area contributed by atoms with Crippen molar-refractivity contribution in [1.82, 2.24) is 15.0 Å². The Morgan fingerprint density at radius 1 is 0.905 bits per heavy atom. The number of hydrogen-bond acceptors (Lipinski definition) is 3. The maximum Gasteiger partial charge on any atom is 0.416 e. The Balaban J connectivity index is 2.12. The molecule has 2 heterocycles. The largest absolute Gasteiger partial charge is 0.416 e. The summed E-state index contributed by atoms with van der Waals surface area (Å²) in [5.74, 6) is 0. The quantitative estimate of drug-likeness (QED) is 0.679. The molecule has 0 atom stereocenters. The molecule has 6 heteroatoms. The molecule has 21 heavy (non-hydrogen) atoms. The molecule has 3 rings (SSSR count). The van der Waals surface area contributed by atoms with Crippen molar-refractivity contribution in [3.05, 3.63) is 54.0 Å². The number of halogens is 3. The topological polar surface area (TPSA) is 38.7 Å². The van der Waals surface area contributed by atoms with Gasteiger partial charge >= 0.3 is 6.18 Å². The minimum absolute atomic E-state index is 0.528. The molecule has 1 aromatic carbocycles. The summed E-state index contributed by atoms with van der Waals surface area (Å²) in [5, 5.41) is 0.711. The summed E-state index contributed by atoms with van der Waals surface area (Å²) in [7, 11) is 0. The van der Waals surface area contributed by atoms with Crippen LogP contribution < -0.4 is 0 Å². The van der Waals surface area contributed by atoms with Gasteiger partial charge in [-0.1, -0.05) is 12.1 Å². The number of aromatic nitrogens is 3. The van der Waals surface area contributed by atoms with E-state index in [9.17, 15) is 13.2 Å². The molecule has 0 N–H and O–H groups in total. The highest BCUT2D eigenvalue weighted by molar-refractivity contribution is 5.89. The van der Waals surface area contributed by atoms with Gasteiger partial charge in [-0.25, -0.2) is 15.0 Å². The summed E-state index contributed by atoms with van der Waals surface area (Å²) in [6, 6.07) is 8.55. The molecule has 2 aromatic heterocycles. The van der Waals surface area contributed by atoms with E-state index < -0.39 is 11.7 Å². The van der Waals surface area contributed by atoms with Crippen molar-refractivity contribution in [3.8, 4) is 11.3 Å². The van der Waals surface area contributed by atoms with E-state index in [-0.39, 0.29) is 0 Å². The van der Waals surface area contributed by atoms with Crippen molar-refractivity contribution in [1.29, 1.82) is 0 Å². The first-order valence-corrected chi connectivity index (χ1v) is 6.21. The SMILES string of the molecule is Cc1ccc2c(-c3ccc(C(F)(F)F)cc3)ncnc2n1. The zero-order chi connectivity index (χ0) is 15.0. The van der Waals surface area contributed by atoms with Gasteiger partial charge in [-0.05, 0) is 31.2 Å². The molecule has 0 saturated heterocycles. The average Bonchev–Trinajstić information content (AvgIpc) is 2.45. The third-order valence-corrected chi connectivity index (χ3v) is 3.12.